The first-order valence-electron chi connectivity index (χ1n) is 7.22. The topological polar surface area (TPSA) is 30.5 Å². The lowest BCUT2D eigenvalue weighted by Gasteiger charge is -2.22. The summed E-state index contributed by atoms with van der Waals surface area (Å²) in [5.74, 6) is 0.937. The van der Waals surface area contributed by atoms with Crippen molar-refractivity contribution in [3.05, 3.63) is 29.8 Å². The molecule has 2 atom stereocenters. The third-order valence-electron chi connectivity index (χ3n) is 3.09. The van der Waals surface area contributed by atoms with E-state index in [4.69, 9.17) is 9.47 Å². The van der Waals surface area contributed by atoms with Gasteiger partial charge in [-0.1, -0.05) is 24.1 Å². The Balaban J connectivity index is 1.94. The predicted octanol–water partition coefficient (Wildman–Crippen LogP) is 3.95. The Labute approximate surface area is 126 Å². The monoisotopic (exact) mass is 295 g/mol. The van der Waals surface area contributed by atoms with Gasteiger partial charge in [0, 0.05) is 17.2 Å². The standard InChI is InChI=1S/C16H25NO2S/c1-12(17-20-16(2,3)4)13-6-5-7-14(10-13)19-15-8-9-18-11-15/h5-7,10,12,15,17H,8-9,11H2,1-4H3/t12-,15+/m0/s1. The van der Waals surface area contributed by atoms with Crippen LogP contribution in [0.4, 0.5) is 0 Å². The van der Waals surface area contributed by atoms with Gasteiger partial charge in [-0.15, -0.1) is 0 Å². The van der Waals surface area contributed by atoms with Gasteiger partial charge in [-0.05, 0) is 45.4 Å². The van der Waals surface area contributed by atoms with Gasteiger partial charge in [0.2, 0.25) is 0 Å². The largest absolute Gasteiger partial charge is 0.488 e. The van der Waals surface area contributed by atoms with E-state index in [1.54, 1.807) is 11.9 Å². The van der Waals surface area contributed by atoms with E-state index in [9.17, 15) is 0 Å². The molecular weight excluding hydrogens is 270 g/mol. The lowest BCUT2D eigenvalue weighted by Crippen LogP contribution is -2.20. The molecule has 1 aromatic rings. The van der Waals surface area contributed by atoms with Crippen molar-refractivity contribution < 1.29 is 9.47 Å². The zero-order valence-corrected chi connectivity index (χ0v) is 13.6. The summed E-state index contributed by atoms with van der Waals surface area (Å²) in [5.41, 5.74) is 1.25. The van der Waals surface area contributed by atoms with E-state index in [0.717, 1.165) is 18.8 Å². The lowest BCUT2D eigenvalue weighted by atomic mass is 10.1. The molecule has 0 saturated carbocycles. The highest BCUT2D eigenvalue weighted by molar-refractivity contribution is 7.98. The van der Waals surface area contributed by atoms with Crippen molar-refractivity contribution in [2.24, 2.45) is 0 Å². The van der Waals surface area contributed by atoms with Crippen molar-refractivity contribution in [2.75, 3.05) is 13.2 Å². The molecule has 2 rings (SSSR count). The van der Waals surface area contributed by atoms with E-state index < -0.39 is 0 Å². The molecule has 112 valence electrons. The molecule has 0 spiro atoms. The zero-order valence-electron chi connectivity index (χ0n) is 12.8. The summed E-state index contributed by atoms with van der Waals surface area (Å²) >= 11 is 1.76. The van der Waals surface area contributed by atoms with Crippen LogP contribution in [0, 0.1) is 0 Å². The van der Waals surface area contributed by atoms with Gasteiger partial charge in [-0.3, -0.25) is 4.72 Å². The normalized spacial score (nSPS) is 20.9. The fraction of sp³-hybridized carbons (Fsp3) is 0.625. The minimum Gasteiger partial charge on any atom is -0.488 e. The van der Waals surface area contributed by atoms with Crippen molar-refractivity contribution in [3.63, 3.8) is 0 Å². The Kier molecular flexibility index (Phi) is 5.35. The van der Waals surface area contributed by atoms with E-state index in [1.165, 1.54) is 5.56 Å². The summed E-state index contributed by atoms with van der Waals surface area (Å²) in [6.45, 7) is 10.3. The number of rotatable bonds is 5. The second kappa shape index (κ2) is 6.83. The van der Waals surface area contributed by atoms with E-state index in [1.807, 2.05) is 6.07 Å². The van der Waals surface area contributed by atoms with Crippen LogP contribution in [0.15, 0.2) is 24.3 Å². The van der Waals surface area contributed by atoms with Gasteiger partial charge in [0.1, 0.15) is 11.9 Å². The Hall–Kier alpha value is -0.710. The molecule has 1 saturated heterocycles. The summed E-state index contributed by atoms with van der Waals surface area (Å²) in [4.78, 5) is 0. The maximum atomic E-state index is 5.95. The third kappa shape index (κ3) is 5.00. The molecule has 4 heteroatoms. The highest BCUT2D eigenvalue weighted by Gasteiger charge is 2.18. The van der Waals surface area contributed by atoms with Crippen molar-refractivity contribution in [1.29, 1.82) is 0 Å². The van der Waals surface area contributed by atoms with E-state index in [2.05, 4.69) is 50.6 Å². The van der Waals surface area contributed by atoms with Gasteiger partial charge in [-0.25, -0.2) is 0 Å². The molecule has 0 aromatic heterocycles. The zero-order chi connectivity index (χ0) is 14.6. The first-order valence-corrected chi connectivity index (χ1v) is 8.03. The van der Waals surface area contributed by atoms with E-state index in [-0.39, 0.29) is 10.9 Å². The van der Waals surface area contributed by atoms with Crippen molar-refractivity contribution in [2.45, 2.75) is 51.0 Å². The molecular formula is C16H25NO2S. The van der Waals surface area contributed by atoms with Gasteiger partial charge in [-0.2, -0.15) is 0 Å². The maximum Gasteiger partial charge on any atom is 0.124 e. The van der Waals surface area contributed by atoms with Crippen molar-refractivity contribution in [3.8, 4) is 5.75 Å². The summed E-state index contributed by atoms with van der Waals surface area (Å²) in [5, 5.41) is 0. The van der Waals surface area contributed by atoms with Crippen LogP contribution in [0.1, 0.15) is 45.7 Å². The van der Waals surface area contributed by atoms with Crippen LogP contribution in [0.2, 0.25) is 0 Å². The minimum atomic E-state index is 0.206. The third-order valence-corrected chi connectivity index (χ3v) is 4.17. The van der Waals surface area contributed by atoms with E-state index in [0.29, 0.717) is 12.6 Å². The second-order valence-electron chi connectivity index (χ2n) is 6.23. The molecule has 1 aliphatic rings. The minimum absolute atomic E-state index is 0.206. The molecule has 1 aliphatic heterocycles. The molecule has 20 heavy (non-hydrogen) atoms. The van der Waals surface area contributed by atoms with Crippen LogP contribution < -0.4 is 9.46 Å². The van der Waals surface area contributed by atoms with Crippen LogP contribution in [0.25, 0.3) is 0 Å². The molecule has 1 N–H and O–H groups in total. The molecule has 0 unspecified atom stereocenters. The molecule has 1 fully saturated rings. The summed E-state index contributed by atoms with van der Waals surface area (Å²) in [6.07, 6.45) is 1.19. The molecule has 3 nitrogen and oxygen atoms in total. The highest BCUT2D eigenvalue weighted by atomic mass is 32.2. The highest BCUT2D eigenvalue weighted by Crippen LogP contribution is 2.26. The fourth-order valence-corrected chi connectivity index (χ4v) is 2.66. The van der Waals surface area contributed by atoms with Crippen molar-refractivity contribution >= 4 is 11.9 Å². The van der Waals surface area contributed by atoms with Crippen LogP contribution in [-0.4, -0.2) is 24.1 Å². The number of hydrogen-bond acceptors (Lipinski definition) is 4. The second-order valence-corrected chi connectivity index (χ2v) is 7.89. The molecule has 1 aromatic carbocycles. The van der Waals surface area contributed by atoms with Gasteiger partial charge in [0.15, 0.2) is 0 Å². The smallest absolute Gasteiger partial charge is 0.124 e. The Bertz CT molecular complexity index is 425. The van der Waals surface area contributed by atoms with Crippen LogP contribution in [0.5, 0.6) is 5.75 Å². The van der Waals surface area contributed by atoms with Gasteiger partial charge >= 0.3 is 0 Å². The average Bonchev–Trinajstić information content (AvgIpc) is 2.88. The van der Waals surface area contributed by atoms with Crippen LogP contribution in [0.3, 0.4) is 0 Å². The number of hydrogen-bond donors (Lipinski definition) is 1. The first-order chi connectivity index (χ1) is 9.44. The number of benzene rings is 1. The van der Waals surface area contributed by atoms with Gasteiger partial charge < -0.3 is 9.47 Å². The first kappa shape index (κ1) is 15.7. The van der Waals surface area contributed by atoms with E-state index >= 15 is 0 Å². The van der Waals surface area contributed by atoms with Gasteiger partial charge in [0.25, 0.3) is 0 Å². The quantitative estimate of drug-likeness (QED) is 0.833. The fourth-order valence-electron chi connectivity index (χ4n) is 1.99. The van der Waals surface area contributed by atoms with Crippen LogP contribution >= 0.6 is 11.9 Å². The summed E-state index contributed by atoms with van der Waals surface area (Å²) in [7, 11) is 0. The van der Waals surface area contributed by atoms with Crippen molar-refractivity contribution in [1.82, 2.24) is 4.72 Å². The van der Waals surface area contributed by atoms with Crippen LogP contribution in [-0.2, 0) is 4.74 Å². The lowest BCUT2D eigenvalue weighted by molar-refractivity contribution is 0.141. The Morgan fingerprint density at radius 3 is 2.85 bits per heavy atom. The summed E-state index contributed by atoms with van der Waals surface area (Å²) in [6, 6.07) is 8.63. The van der Waals surface area contributed by atoms with Gasteiger partial charge in [0.05, 0.1) is 13.2 Å². The Morgan fingerprint density at radius 1 is 1.40 bits per heavy atom. The average molecular weight is 295 g/mol. The summed E-state index contributed by atoms with van der Waals surface area (Å²) < 4.78 is 15.0. The SMILES string of the molecule is C[C@H](NSC(C)(C)C)c1cccc(O[C@@H]2CCOC2)c1. The predicted molar refractivity (Wildman–Crippen MR) is 85.2 cm³/mol. The molecule has 0 aliphatic carbocycles. The number of nitrogens with one attached hydrogen (secondary N) is 1. The molecule has 0 amide bonds. The molecule has 0 bridgehead atoms. The maximum absolute atomic E-state index is 5.95. The number of ether oxygens (including phenoxy) is 2. The Morgan fingerprint density at radius 2 is 2.20 bits per heavy atom. The molecule has 0 radical (unpaired) electrons. The molecule has 1 heterocycles.